The summed E-state index contributed by atoms with van der Waals surface area (Å²) < 4.78 is 25.0. The number of para-hydroxylation sites is 1. The Morgan fingerprint density at radius 1 is 1.03 bits per heavy atom. The van der Waals surface area contributed by atoms with Gasteiger partial charge in [-0.2, -0.15) is 10.2 Å². The van der Waals surface area contributed by atoms with Crippen molar-refractivity contribution in [3.05, 3.63) is 95.4 Å². The van der Waals surface area contributed by atoms with Gasteiger partial charge in [-0.3, -0.25) is 0 Å². The molecule has 0 unspecified atom stereocenters. The smallest absolute Gasteiger partial charge is 0.232 e. The maximum atomic E-state index is 13.7. The van der Waals surface area contributed by atoms with E-state index in [9.17, 15) is 9.65 Å². The molecule has 4 rings (SSSR count). The SMILES string of the molecule is Cc1ccc(-c2nc(C#N)c(NCc3ccc(Oc4ccccc4F)cc3)o2)cc1. The fourth-order valence-corrected chi connectivity index (χ4v) is 2.85. The Morgan fingerprint density at radius 2 is 1.77 bits per heavy atom. The third-order valence-electron chi connectivity index (χ3n) is 4.47. The molecule has 0 spiro atoms. The first-order valence-electron chi connectivity index (χ1n) is 9.35. The van der Waals surface area contributed by atoms with E-state index in [1.807, 2.05) is 43.3 Å². The van der Waals surface area contributed by atoms with E-state index in [4.69, 9.17) is 9.15 Å². The summed E-state index contributed by atoms with van der Waals surface area (Å²) in [6.07, 6.45) is 0. The molecule has 1 aromatic heterocycles. The third kappa shape index (κ3) is 4.31. The molecule has 0 saturated carbocycles. The minimum atomic E-state index is -0.415. The van der Waals surface area contributed by atoms with Crippen molar-refractivity contribution in [2.75, 3.05) is 5.32 Å². The number of oxazole rings is 1. The number of hydrogen-bond acceptors (Lipinski definition) is 5. The number of anilines is 1. The van der Waals surface area contributed by atoms with Crippen LogP contribution in [0.4, 0.5) is 10.3 Å². The molecule has 0 aliphatic carbocycles. The first-order chi connectivity index (χ1) is 14.6. The van der Waals surface area contributed by atoms with Crippen LogP contribution in [0.25, 0.3) is 11.5 Å². The zero-order valence-electron chi connectivity index (χ0n) is 16.2. The Labute approximate surface area is 173 Å². The molecule has 148 valence electrons. The largest absolute Gasteiger partial charge is 0.454 e. The van der Waals surface area contributed by atoms with E-state index in [0.717, 1.165) is 16.7 Å². The van der Waals surface area contributed by atoms with Crippen molar-refractivity contribution in [1.82, 2.24) is 4.98 Å². The van der Waals surface area contributed by atoms with Gasteiger partial charge in [-0.1, -0.05) is 42.0 Å². The van der Waals surface area contributed by atoms with Crippen LogP contribution in [-0.2, 0) is 6.54 Å². The Morgan fingerprint density at radius 3 is 2.47 bits per heavy atom. The molecular formula is C24H18FN3O2. The van der Waals surface area contributed by atoms with Gasteiger partial charge in [0.05, 0.1) is 0 Å². The van der Waals surface area contributed by atoms with Crippen molar-refractivity contribution in [2.24, 2.45) is 0 Å². The topological polar surface area (TPSA) is 71.1 Å². The molecule has 0 amide bonds. The van der Waals surface area contributed by atoms with Crippen molar-refractivity contribution >= 4 is 5.88 Å². The van der Waals surface area contributed by atoms with Crippen LogP contribution in [0, 0.1) is 24.1 Å². The highest BCUT2D eigenvalue weighted by atomic mass is 19.1. The molecular weight excluding hydrogens is 381 g/mol. The van der Waals surface area contributed by atoms with Gasteiger partial charge < -0.3 is 14.5 Å². The quantitative estimate of drug-likeness (QED) is 0.426. The first-order valence-corrected chi connectivity index (χ1v) is 9.35. The summed E-state index contributed by atoms with van der Waals surface area (Å²) in [4.78, 5) is 4.26. The second-order valence-electron chi connectivity index (χ2n) is 6.70. The summed E-state index contributed by atoms with van der Waals surface area (Å²) >= 11 is 0. The highest BCUT2D eigenvalue weighted by Gasteiger charge is 2.14. The van der Waals surface area contributed by atoms with Gasteiger partial charge in [0, 0.05) is 12.1 Å². The molecule has 0 aliphatic heterocycles. The van der Waals surface area contributed by atoms with Crippen LogP contribution < -0.4 is 10.1 Å². The lowest BCUT2D eigenvalue weighted by Gasteiger charge is -2.08. The van der Waals surface area contributed by atoms with E-state index in [0.29, 0.717) is 24.1 Å². The van der Waals surface area contributed by atoms with Gasteiger partial charge in [-0.25, -0.2) is 4.39 Å². The van der Waals surface area contributed by atoms with E-state index in [1.54, 1.807) is 30.3 Å². The summed E-state index contributed by atoms with van der Waals surface area (Å²) in [7, 11) is 0. The zero-order valence-corrected chi connectivity index (χ0v) is 16.2. The average Bonchev–Trinajstić information content (AvgIpc) is 3.19. The van der Waals surface area contributed by atoms with Crippen LogP contribution in [-0.4, -0.2) is 4.98 Å². The molecule has 0 bridgehead atoms. The van der Waals surface area contributed by atoms with Crippen molar-refractivity contribution in [3.8, 4) is 29.0 Å². The van der Waals surface area contributed by atoms with Crippen molar-refractivity contribution in [3.63, 3.8) is 0 Å². The first kappa shape index (κ1) is 19.2. The predicted molar refractivity (Wildman–Crippen MR) is 112 cm³/mol. The number of halogens is 1. The third-order valence-corrected chi connectivity index (χ3v) is 4.47. The molecule has 0 saturated heterocycles. The zero-order chi connectivity index (χ0) is 20.9. The summed E-state index contributed by atoms with van der Waals surface area (Å²) in [6, 6.07) is 23.3. The number of hydrogen-bond donors (Lipinski definition) is 1. The molecule has 30 heavy (non-hydrogen) atoms. The fraction of sp³-hybridized carbons (Fsp3) is 0.0833. The number of benzene rings is 3. The predicted octanol–water partition coefficient (Wildman–Crippen LogP) is 6.07. The van der Waals surface area contributed by atoms with E-state index >= 15 is 0 Å². The molecule has 4 aromatic rings. The second-order valence-corrected chi connectivity index (χ2v) is 6.70. The number of rotatable bonds is 6. The number of nitrogens with zero attached hydrogens (tertiary/aromatic N) is 2. The summed E-state index contributed by atoms with van der Waals surface area (Å²) in [5, 5.41) is 12.5. The minimum Gasteiger partial charge on any atom is -0.454 e. The average molecular weight is 399 g/mol. The van der Waals surface area contributed by atoms with Crippen molar-refractivity contribution < 1.29 is 13.5 Å². The van der Waals surface area contributed by atoms with Crippen LogP contribution >= 0.6 is 0 Å². The Kier molecular flexibility index (Phi) is 5.44. The number of aryl methyl sites for hydroxylation is 1. The van der Waals surface area contributed by atoms with Crippen molar-refractivity contribution in [2.45, 2.75) is 13.5 Å². The van der Waals surface area contributed by atoms with Gasteiger partial charge in [0.25, 0.3) is 0 Å². The second kappa shape index (κ2) is 8.50. The molecule has 1 N–H and O–H groups in total. The molecule has 1 heterocycles. The Balaban J connectivity index is 1.44. The monoisotopic (exact) mass is 399 g/mol. The molecule has 0 aliphatic rings. The highest BCUT2D eigenvalue weighted by molar-refractivity contribution is 5.59. The van der Waals surface area contributed by atoms with E-state index < -0.39 is 5.82 Å². The lowest BCUT2D eigenvalue weighted by Crippen LogP contribution is -2.00. The van der Waals surface area contributed by atoms with Gasteiger partial charge in [-0.05, 0) is 48.9 Å². The van der Waals surface area contributed by atoms with E-state index in [2.05, 4.69) is 16.4 Å². The number of nitriles is 1. The van der Waals surface area contributed by atoms with Crippen LogP contribution in [0.2, 0.25) is 0 Å². The van der Waals surface area contributed by atoms with Gasteiger partial charge in [0.2, 0.25) is 17.5 Å². The van der Waals surface area contributed by atoms with E-state index in [1.165, 1.54) is 6.07 Å². The van der Waals surface area contributed by atoms with Crippen LogP contribution in [0.5, 0.6) is 11.5 Å². The van der Waals surface area contributed by atoms with Gasteiger partial charge in [0.1, 0.15) is 11.8 Å². The highest BCUT2D eigenvalue weighted by Crippen LogP contribution is 2.27. The summed E-state index contributed by atoms with van der Waals surface area (Å²) in [5.41, 5.74) is 3.07. The molecule has 3 aromatic carbocycles. The number of aromatic nitrogens is 1. The molecule has 0 fully saturated rings. The van der Waals surface area contributed by atoms with Crippen LogP contribution in [0.15, 0.2) is 77.2 Å². The standard InChI is InChI=1S/C24H18FN3O2/c1-16-6-10-18(11-7-16)23-28-21(14-26)24(30-23)27-15-17-8-12-19(13-9-17)29-22-5-3-2-4-20(22)25/h2-13,27H,15H2,1H3. The van der Waals surface area contributed by atoms with Gasteiger partial charge in [0.15, 0.2) is 11.6 Å². The van der Waals surface area contributed by atoms with Crippen LogP contribution in [0.1, 0.15) is 16.8 Å². The normalized spacial score (nSPS) is 10.4. The molecule has 0 atom stereocenters. The number of ether oxygens (including phenoxy) is 1. The lowest BCUT2D eigenvalue weighted by molar-refractivity contribution is 0.442. The van der Waals surface area contributed by atoms with Crippen LogP contribution in [0.3, 0.4) is 0 Å². The lowest BCUT2D eigenvalue weighted by atomic mass is 10.1. The minimum absolute atomic E-state index is 0.173. The maximum absolute atomic E-state index is 13.7. The summed E-state index contributed by atoms with van der Waals surface area (Å²) in [6.45, 7) is 2.43. The Hall–Kier alpha value is -4.11. The molecule has 5 nitrogen and oxygen atoms in total. The molecule has 0 radical (unpaired) electrons. The van der Waals surface area contributed by atoms with Gasteiger partial charge >= 0.3 is 0 Å². The molecule has 6 heteroatoms. The Bertz CT molecular complexity index is 1190. The van der Waals surface area contributed by atoms with Gasteiger partial charge in [-0.15, -0.1) is 0 Å². The van der Waals surface area contributed by atoms with Crippen molar-refractivity contribution in [1.29, 1.82) is 5.26 Å². The fourth-order valence-electron chi connectivity index (χ4n) is 2.85. The van der Waals surface area contributed by atoms with E-state index in [-0.39, 0.29) is 11.4 Å². The number of nitrogens with one attached hydrogen (secondary N) is 1. The summed E-state index contributed by atoms with van der Waals surface area (Å²) in [5.74, 6) is 1.000. The maximum Gasteiger partial charge on any atom is 0.232 e.